The largest absolute Gasteiger partial charge is 0.298 e. The van der Waals surface area contributed by atoms with Crippen molar-refractivity contribution in [2.75, 3.05) is 0 Å². The van der Waals surface area contributed by atoms with Crippen LogP contribution in [0.15, 0.2) is 42.7 Å². The Hall–Kier alpha value is -2.29. The summed E-state index contributed by atoms with van der Waals surface area (Å²) in [5.41, 5.74) is 2.27. The molecule has 3 rings (SSSR count). The quantitative estimate of drug-likeness (QED) is 0.456. The van der Waals surface area contributed by atoms with Crippen molar-refractivity contribution >= 4 is 28.1 Å². The van der Waals surface area contributed by atoms with E-state index in [0.717, 1.165) is 28.1 Å². The van der Waals surface area contributed by atoms with E-state index in [1.807, 2.05) is 24.3 Å². The maximum Gasteiger partial charge on any atom is 0.150 e. The number of aldehydes is 1. The summed E-state index contributed by atoms with van der Waals surface area (Å²) >= 11 is 0. The van der Waals surface area contributed by atoms with Crippen molar-refractivity contribution in [3.05, 3.63) is 48.3 Å². The van der Waals surface area contributed by atoms with Gasteiger partial charge in [0.2, 0.25) is 0 Å². The van der Waals surface area contributed by atoms with Gasteiger partial charge in [-0.2, -0.15) is 0 Å². The fourth-order valence-electron chi connectivity index (χ4n) is 1.88. The minimum absolute atomic E-state index is 0.651. The summed E-state index contributed by atoms with van der Waals surface area (Å²) in [7, 11) is 0. The summed E-state index contributed by atoms with van der Waals surface area (Å²) in [5, 5.41) is 1.88. The summed E-state index contributed by atoms with van der Waals surface area (Å²) in [5.74, 6) is 0. The van der Waals surface area contributed by atoms with Gasteiger partial charge in [-0.3, -0.25) is 14.8 Å². The summed E-state index contributed by atoms with van der Waals surface area (Å²) in [6.45, 7) is 0. The highest BCUT2D eigenvalue weighted by Gasteiger charge is 2.05. The van der Waals surface area contributed by atoms with Gasteiger partial charge in [-0.15, -0.1) is 0 Å². The van der Waals surface area contributed by atoms with Gasteiger partial charge in [0.1, 0.15) is 0 Å². The van der Waals surface area contributed by atoms with Gasteiger partial charge in [0.05, 0.1) is 11.0 Å². The molecule has 0 spiro atoms. The number of hydrogen-bond acceptors (Lipinski definition) is 3. The zero-order chi connectivity index (χ0) is 11.0. The predicted molar refractivity (Wildman–Crippen MR) is 62.4 cm³/mol. The third-order valence-electron chi connectivity index (χ3n) is 2.64. The number of fused-ring (bicyclic) bond motifs is 3. The number of aromatic nitrogens is 2. The Morgan fingerprint density at radius 3 is 2.69 bits per heavy atom. The van der Waals surface area contributed by atoms with Gasteiger partial charge in [-0.25, -0.2) is 0 Å². The molecule has 16 heavy (non-hydrogen) atoms. The Labute approximate surface area is 91.8 Å². The van der Waals surface area contributed by atoms with Crippen LogP contribution in [-0.2, 0) is 0 Å². The lowest BCUT2D eigenvalue weighted by molar-refractivity contribution is 0.112. The molecule has 3 aromatic rings. The van der Waals surface area contributed by atoms with Crippen LogP contribution in [0.3, 0.4) is 0 Å². The first-order valence-electron chi connectivity index (χ1n) is 4.98. The molecule has 0 radical (unpaired) electrons. The van der Waals surface area contributed by atoms with Crippen LogP contribution in [0.25, 0.3) is 21.8 Å². The SMILES string of the molecule is O=Cc1ccnc2c1ccc1cccnc12. The number of nitrogens with zero attached hydrogens (tertiary/aromatic N) is 2. The number of hydrogen-bond donors (Lipinski definition) is 0. The van der Waals surface area contributed by atoms with Gasteiger partial charge in [0, 0.05) is 28.7 Å². The van der Waals surface area contributed by atoms with E-state index in [-0.39, 0.29) is 0 Å². The molecule has 3 heteroatoms. The molecule has 3 nitrogen and oxygen atoms in total. The smallest absolute Gasteiger partial charge is 0.150 e. The maximum absolute atomic E-state index is 10.9. The molecule has 0 atom stereocenters. The summed E-state index contributed by atoms with van der Waals surface area (Å²) in [6, 6.07) is 9.45. The Morgan fingerprint density at radius 2 is 1.81 bits per heavy atom. The molecule has 0 aliphatic rings. The lowest BCUT2D eigenvalue weighted by Gasteiger charge is -2.03. The Balaban J connectivity index is 2.57. The van der Waals surface area contributed by atoms with Gasteiger partial charge >= 0.3 is 0 Å². The lowest BCUT2D eigenvalue weighted by Crippen LogP contribution is -1.89. The van der Waals surface area contributed by atoms with Gasteiger partial charge < -0.3 is 0 Å². The molecule has 0 saturated carbocycles. The van der Waals surface area contributed by atoms with Crippen molar-refractivity contribution in [1.29, 1.82) is 0 Å². The number of carbonyl (C=O) groups excluding carboxylic acids is 1. The Bertz CT molecular complexity index is 692. The molecule has 0 unspecified atom stereocenters. The number of rotatable bonds is 1. The van der Waals surface area contributed by atoms with E-state index in [0.29, 0.717) is 5.56 Å². The van der Waals surface area contributed by atoms with Crippen LogP contribution < -0.4 is 0 Å². The topological polar surface area (TPSA) is 42.9 Å². The summed E-state index contributed by atoms with van der Waals surface area (Å²) in [4.78, 5) is 19.5. The molecule has 0 bridgehead atoms. The molecular weight excluding hydrogens is 200 g/mol. The molecular formula is C13H8N2O. The van der Waals surface area contributed by atoms with Crippen LogP contribution in [-0.4, -0.2) is 16.3 Å². The Morgan fingerprint density at radius 1 is 0.938 bits per heavy atom. The Kier molecular flexibility index (Phi) is 1.90. The van der Waals surface area contributed by atoms with Crippen molar-refractivity contribution < 1.29 is 4.79 Å². The van der Waals surface area contributed by atoms with Gasteiger partial charge in [-0.05, 0) is 12.1 Å². The van der Waals surface area contributed by atoms with Crippen molar-refractivity contribution in [2.24, 2.45) is 0 Å². The molecule has 0 amide bonds. The number of carbonyl (C=O) groups is 1. The second-order valence-electron chi connectivity index (χ2n) is 3.55. The molecule has 0 N–H and O–H groups in total. The van der Waals surface area contributed by atoms with Gasteiger partial charge in [0.25, 0.3) is 0 Å². The standard InChI is InChI=1S/C13H8N2O/c16-8-10-5-7-15-13-11(10)4-3-9-2-1-6-14-12(9)13/h1-8H. The molecule has 0 aliphatic carbocycles. The molecule has 2 aromatic heterocycles. The normalized spacial score (nSPS) is 10.8. The van der Waals surface area contributed by atoms with Crippen molar-refractivity contribution in [1.82, 2.24) is 9.97 Å². The van der Waals surface area contributed by atoms with Crippen LogP contribution in [0.4, 0.5) is 0 Å². The van der Waals surface area contributed by atoms with Crippen molar-refractivity contribution in [2.45, 2.75) is 0 Å². The minimum Gasteiger partial charge on any atom is -0.298 e. The van der Waals surface area contributed by atoms with E-state index in [9.17, 15) is 4.79 Å². The summed E-state index contributed by atoms with van der Waals surface area (Å²) in [6.07, 6.45) is 4.22. The molecule has 0 aliphatic heterocycles. The number of pyridine rings is 2. The average molecular weight is 208 g/mol. The van der Waals surface area contributed by atoms with E-state index < -0.39 is 0 Å². The van der Waals surface area contributed by atoms with Gasteiger partial charge in [0.15, 0.2) is 6.29 Å². The average Bonchev–Trinajstić information content (AvgIpc) is 2.37. The third-order valence-corrected chi connectivity index (χ3v) is 2.64. The van der Waals surface area contributed by atoms with Gasteiger partial charge in [-0.1, -0.05) is 18.2 Å². The highest BCUT2D eigenvalue weighted by atomic mass is 16.1. The van der Waals surface area contributed by atoms with Crippen molar-refractivity contribution in [3.63, 3.8) is 0 Å². The first-order valence-corrected chi connectivity index (χ1v) is 4.98. The highest BCUT2D eigenvalue weighted by molar-refractivity contribution is 6.07. The molecule has 1 aromatic carbocycles. The van der Waals surface area contributed by atoms with Crippen LogP contribution in [0.2, 0.25) is 0 Å². The fraction of sp³-hybridized carbons (Fsp3) is 0. The van der Waals surface area contributed by atoms with Crippen LogP contribution >= 0.6 is 0 Å². The van der Waals surface area contributed by atoms with Crippen molar-refractivity contribution in [3.8, 4) is 0 Å². The highest BCUT2D eigenvalue weighted by Crippen LogP contribution is 2.23. The lowest BCUT2D eigenvalue weighted by atomic mass is 10.1. The second-order valence-corrected chi connectivity index (χ2v) is 3.55. The third kappa shape index (κ3) is 1.18. The van der Waals surface area contributed by atoms with E-state index in [1.54, 1.807) is 18.5 Å². The first-order chi connectivity index (χ1) is 7.90. The zero-order valence-electron chi connectivity index (χ0n) is 8.42. The summed E-state index contributed by atoms with van der Waals surface area (Å²) < 4.78 is 0. The van der Waals surface area contributed by atoms with E-state index in [4.69, 9.17) is 0 Å². The van der Waals surface area contributed by atoms with Crippen LogP contribution in [0.5, 0.6) is 0 Å². The first kappa shape index (κ1) is 8.97. The van der Waals surface area contributed by atoms with E-state index >= 15 is 0 Å². The fourth-order valence-corrected chi connectivity index (χ4v) is 1.88. The maximum atomic E-state index is 10.9. The predicted octanol–water partition coefficient (Wildman–Crippen LogP) is 2.60. The van der Waals surface area contributed by atoms with Crippen LogP contribution in [0.1, 0.15) is 10.4 Å². The molecule has 0 fully saturated rings. The zero-order valence-corrected chi connectivity index (χ0v) is 8.42. The van der Waals surface area contributed by atoms with E-state index in [2.05, 4.69) is 9.97 Å². The molecule has 76 valence electrons. The minimum atomic E-state index is 0.651. The van der Waals surface area contributed by atoms with Crippen LogP contribution in [0, 0.1) is 0 Å². The van der Waals surface area contributed by atoms with E-state index in [1.165, 1.54) is 0 Å². The molecule has 2 heterocycles. The monoisotopic (exact) mass is 208 g/mol. The molecule has 0 saturated heterocycles. The second kappa shape index (κ2) is 3.38. The number of benzene rings is 1.